The van der Waals surface area contributed by atoms with Crippen LogP contribution in [0.1, 0.15) is 24.0 Å². The third kappa shape index (κ3) is 6.48. The zero-order valence-electron chi connectivity index (χ0n) is 18.3. The number of aryl methyl sites for hydroxylation is 1. The summed E-state index contributed by atoms with van der Waals surface area (Å²) < 4.78 is 13.5. The monoisotopic (exact) mass is 525 g/mol. The molecule has 5 nitrogen and oxygen atoms in total. The lowest BCUT2D eigenvalue weighted by molar-refractivity contribution is 0.461. The fraction of sp³-hybridized carbons (Fsp3) is 0.435. The van der Waals surface area contributed by atoms with Gasteiger partial charge in [-0.05, 0) is 61.2 Å². The van der Waals surface area contributed by atoms with Crippen LogP contribution in [-0.2, 0) is 6.54 Å². The van der Waals surface area contributed by atoms with Crippen molar-refractivity contribution in [3.05, 3.63) is 59.4 Å². The number of hydrogen-bond donors (Lipinski definition) is 2. The van der Waals surface area contributed by atoms with Gasteiger partial charge < -0.3 is 20.4 Å². The van der Waals surface area contributed by atoms with Gasteiger partial charge in [-0.15, -0.1) is 24.0 Å². The number of nitrogens with one attached hydrogen (secondary N) is 2. The minimum Gasteiger partial charge on any atom is -0.378 e. The van der Waals surface area contributed by atoms with E-state index in [1.807, 2.05) is 6.07 Å². The van der Waals surface area contributed by atoms with Crippen molar-refractivity contribution in [3.63, 3.8) is 0 Å². The molecule has 2 aromatic carbocycles. The summed E-state index contributed by atoms with van der Waals surface area (Å²) in [5.74, 6) is 0.645. The Bertz CT molecular complexity index is 847. The van der Waals surface area contributed by atoms with Gasteiger partial charge in [0.05, 0.1) is 0 Å². The van der Waals surface area contributed by atoms with Crippen LogP contribution >= 0.6 is 24.0 Å². The number of nitrogens with zero attached hydrogens (tertiary/aromatic N) is 3. The van der Waals surface area contributed by atoms with Crippen molar-refractivity contribution < 1.29 is 4.39 Å². The van der Waals surface area contributed by atoms with E-state index in [0.29, 0.717) is 6.04 Å². The van der Waals surface area contributed by atoms with Gasteiger partial charge in [0.1, 0.15) is 5.82 Å². The van der Waals surface area contributed by atoms with Crippen molar-refractivity contribution in [2.75, 3.05) is 44.0 Å². The molecule has 2 N–H and O–H groups in total. The van der Waals surface area contributed by atoms with Crippen molar-refractivity contribution in [1.82, 2.24) is 10.6 Å². The van der Waals surface area contributed by atoms with Gasteiger partial charge in [-0.2, -0.15) is 0 Å². The average Bonchev–Trinajstić information content (AvgIpc) is 2.72. The van der Waals surface area contributed by atoms with Gasteiger partial charge in [0.25, 0.3) is 0 Å². The minimum absolute atomic E-state index is 0. The quantitative estimate of drug-likeness (QED) is 0.350. The van der Waals surface area contributed by atoms with E-state index in [9.17, 15) is 4.39 Å². The van der Waals surface area contributed by atoms with Crippen LogP contribution in [0, 0.1) is 12.7 Å². The van der Waals surface area contributed by atoms with E-state index in [1.54, 1.807) is 19.2 Å². The largest absolute Gasteiger partial charge is 0.378 e. The van der Waals surface area contributed by atoms with E-state index in [1.165, 1.54) is 22.9 Å². The Balaban J connectivity index is 0.00000320. The fourth-order valence-electron chi connectivity index (χ4n) is 3.68. The summed E-state index contributed by atoms with van der Waals surface area (Å²) in [6.45, 7) is 4.69. The Kier molecular flexibility index (Phi) is 9.20. The predicted octanol–water partition coefficient (Wildman–Crippen LogP) is 4.15. The van der Waals surface area contributed by atoms with E-state index in [0.717, 1.165) is 44.1 Å². The molecular formula is C23H33FIN5. The summed E-state index contributed by atoms with van der Waals surface area (Å²) in [6, 6.07) is 13.7. The molecule has 0 spiro atoms. The molecule has 0 atom stereocenters. The fourth-order valence-corrected chi connectivity index (χ4v) is 3.68. The second kappa shape index (κ2) is 11.4. The van der Waals surface area contributed by atoms with Gasteiger partial charge in [-0.1, -0.05) is 12.1 Å². The molecule has 1 aliphatic rings. The molecule has 0 unspecified atom stereocenters. The van der Waals surface area contributed by atoms with Gasteiger partial charge in [-0.25, -0.2) is 4.39 Å². The molecule has 1 aliphatic heterocycles. The smallest absolute Gasteiger partial charge is 0.191 e. The van der Waals surface area contributed by atoms with Crippen LogP contribution < -0.4 is 20.4 Å². The van der Waals surface area contributed by atoms with Crippen LogP contribution in [0.15, 0.2) is 47.5 Å². The van der Waals surface area contributed by atoms with Crippen molar-refractivity contribution in [1.29, 1.82) is 0 Å². The van der Waals surface area contributed by atoms with Gasteiger partial charge >= 0.3 is 0 Å². The number of piperidine rings is 1. The first-order valence-corrected chi connectivity index (χ1v) is 10.2. The first kappa shape index (κ1) is 24.2. The van der Waals surface area contributed by atoms with Crippen LogP contribution in [0.25, 0.3) is 0 Å². The number of benzene rings is 2. The summed E-state index contributed by atoms with van der Waals surface area (Å²) >= 11 is 0. The van der Waals surface area contributed by atoms with Crippen LogP contribution in [0.4, 0.5) is 15.8 Å². The lowest BCUT2D eigenvalue weighted by Gasteiger charge is -2.34. The summed E-state index contributed by atoms with van der Waals surface area (Å²) in [5.41, 5.74) is 4.70. The molecule has 0 amide bonds. The molecule has 0 aliphatic carbocycles. The zero-order chi connectivity index (χ0) is 20.8. The maximum atomic E-state index is 13.5. The normalized spacial score (nSPS) is 14.8. The Hall–Kier alpha value is -2.03. The van der Waals surface area contributed by atoms with Crippen LogP contribution in [0.2, 0.25) is 0 Å². The second-order valence-corrected chi connectivity index (χ2v) is 7.82. The predicted molar refractivity (Wildman–Crippen MR) is 136 cm³/mol. The number of anilines is 2. The number of rotatable bonds is 5. The van der Waals surface area contributed by atoms with E-state index in [4.69, 9.17) is 0 Å². The Labute approximate surface area is 196 Å². The highest BCUT2D eigenvalue weighted by atomic mass is 127. The lowest BCUT2D eigenvalue weighted by Crippen LogP contribution is -2.48. The second-order valence-electron chi connectivity index (χ2n) is 7.82. The third-order valence-electron chi connectivity index (χ3n) is 5.52. The molecular weight excluding hydrogens is 492 g/mol. The summed E-state index contributed by atoms with van der Waals surface area (Å²) in [6.07, 6.45) is 1.99. The molecule has 3 rings (SSSR count). The SMILES string of the molecule is CN=C(NCc1ccc(N(C)C)cc1C)NC1CCN(c2cccc(F)c2)CC1.I. The Morgan fingerprint density at radius 1 is 1.17 bits per heavy atom. The molecule has 0 radical (unpaired) electrons. The van der Waals surface area contributed by atoms with E-state index >= 15 is 0 Å². The Morgan fingerprint density at radius 3 is 2.50 bits per heavy atom. The van der Waals surface area contributed by atoms with E-state index in [-0.39, 0.29) is 29.8 Å². The van der Waals surface area contributed by atoms with Crippen molar-refractivity contribution in [2.24, 2.45) is 4.99 Å². The average molecular weight is 525 g/mol. The Morgan fingerprint density at radius 2 is 1.90 bits per heavy atom. The maximum Gasteiger partial charge on any atom is 0.191 e. The molecule has 30 heavy (non-hydrogen) atoms. The summed E-state index contributed by atoms with van der Waals surface area (Å²) in [5, 5.41) is 6.97. The van der Waals surface area contributed by atoms with Crippen molar-refractivity contribution in [2.45, 2.75) is 32.4 Å². The minimum atomic E-state index is -0.179. The molecule has 0 saturated carbocycles. The summed E-state index contributed by atoms with van der Waals surface area (Å²) in [4.78, 5) is 8.74. The topological polar surface area (TPSA) is 42.9 Å². The van der Waals surface area contributed by atoms with Crippen LogP contribution in [-0.4, -0.2) is 46.2 Å². The maximum absolute atomic E-state index is 13.5. The highest BCUT2D eigenvalue weighted by Gasteiger charge is 2.20. The number of hydrogen-bond acceptors (Lipinski definition) is 3. The first-order valence-electron chi connectivity index (χ1n) is 10.2. The lowest BCUT2D eigenvalue weighted by atomic mass is 10.0. The standard InChI is InChI=1S/C23H32FN5.HI/c1-17-14-21(28(3)4)9-8-18(17)16-26-23(25-2)27-20-10-12-29(13-11-20)22-7-5-6-19(24)15-22;/h5-9,14-15,20H,10-13,16H2,1-4H3,(H2,25,26,27);1H. The van der Waals surface area contributed by atoms with Gasteiger partial charge in [0, 0.05) is 58.2 Å². The zero-order valence-corrected chi connectivity index (χ0v) is 20.6. The third-order valence-corrected chi connectivity index (χ3v) is 5.52. The van der Waals surface area contributed by atoms with E-state index < -0.39 is 0 Å². The van der Waals surface area contributed by atoms with Crippen molar-refractivity contribution in [3.8, 4) is 0 Å². The number of guanidine groups is 1. The van der Waals surface area contributed by atoms with Gasteiger partial charge in [0.2, 0.25) is 0 Å². The van der Waals surface area contributed by atoms with Crippen LogP contribution in [0.5, 0.6) is 0 Å². The molecule has 0 bridgehead atoms. The highest BCUT2D eigenvalue weighted by molar-refractivity contribution is 14.0. The first-order chi connectivity index (χ1) is 14.0. The van der Waals surface area contributed by atoms with Crippen LogP contribution in [0.3, 0.4) is 0 Å². The summed E-state index contributed by atoms with van der Waals surface area (Å²) in [7, 11) is 5.91. The molecule has 1 heterocycles. The van der Waals surface area contributed by atoms with Gasteiger partial charge in [-0.3, -0.25) is 4.99 Å². The number of halogens is 2. The molecule has 1 fully saturated rings. The molecule has 1 saturated heterocycles. The highest BCUT2D eigenvalue weighted by Crippen LogP contribution is 2.21. The van der Waals surface area contributed by atoms with E-state index in [2.05, 4.69) is 64.6 Å². The van der Waals surface area contributed by atoms with Crippen molar-refractivity contribution >= 4 is 41.3 Å². The van der Waals surface area contributed by atoms with Gasteiger partial charge in [0.15, 0.2) is 5.96 Å². The molecule has 7 heteroatoms. The number of aliphatic imine (C=N–C) groups is 1. The molecule has 164 valence electrons. The molecule has 2 aromatic rings. The molecule has 0 aromatic heterocycles.